The lowest BCUT2D eigenvalue weighted by molar-refractivity contribution is -0.115. The number of aryl methyl sites for hydroxylation is 1. The van der Waals surface area contributed by atoms with Crippen molar-refractivity contribution in [2.75, 3.05) is 5.32 Å². The quantitative estimate of drug-likeness (QED) is 0.831. The van der Waals surface area contributed by atoms with Crippen LogP contribution in [-0.4, -0.2) is 12.1 Å². The molecule has 1 aliphatic rings. The number of hydrogen-bond donors (Lipinski definition) is 1. The van der Waals surface area contributed by atoms with Crippen molar-refractivity contribution in [1.82, 2.24) is 0 Å². The number of carbonyl (C=O) groups excluding carboxylic acids is 1. The monoisotopic (exact) mass is 268 g/mol. The Labute approximate surface area is 116 Å². The molecule has 0 fully saturated rings. The van der Waals surface area contributed by atoms with Crippen LogP contribution in [0.4, 0.5) is 15.8 Å². The van der Waals surface area contributed by atoms with E-state index in [-0.39, 0.29) is 11.7 Å². The van der Waals surface area contributed by atoms with Crippen LogP contribution in [0.2, 0.25) is 0 Å². The Hall–Kier alpha value is -2.49. The molecule has 1 heterocycles. The van der Waals surface area contributed by atoms with Gasteiger partial charge in [0.15, 0.2) is 0 Å². The Balaban J connectivity index is 1.89. The molecule has 0 aliphatic carbocycles. The zero-order valence-corrected chi connectivity index (χ0v) is 10.9. The zero-order valence-electron chi connectivity index (χ0n) is 10.9. The third-order valence-electron chi connectivity index (χ3n) is 3.36. The molecule has 2 aromatic carbocycles. The largest absolute Gasteiger partial charge is 0.325 e. The number of nitrogens with one attached hydrogen (secondary N) is 1. The number of benzene rings is 2. The first-order valence-electron chi connectivity index (χ1n) is 6.35. The fourth-order valence-corrected chi connectivity index (χ4v) is 2.20. The molecular formula is C16H13FN2O. The average molecular weight is 268 g/mol. The topological polar surface area (TPSA) is 41.5 Å². The summed E-state index contributed by atoms with van der Waals surface area (Å²) in [4.78, 5) is 16.1. The normalized spacial score (nSPS) is 17.3. The van der Waals surface area contributed by atoms with Crippen LogP contribution < -0.4 is 5.32 Å². The van der Waals surface area contributed by atoms with Gasteiger partial charge in [0.25, 0.3) is 0 Å². The van der Waals surface area contributed by atoms with Gasteiger partial charge in [0.2, 0.25) is 5.91 Å². The highest BCUT2D eigenvalue weighted by molar-refractivity contribution is 6.12. The summed E-state index contributed by atoms with van der Waals surface area (Å²) in [7, 11) is 0. The van der Waals surface area contributed by atoms with E-state index in [0.29, 0.717) is 11.3 Å². The fraction of sp³-hybridized carbons (Fsp3) is 0.125. The summed E-state index contributed by atoms with van der Waals surface area (Å²) in [6.07, 6.45) is 1.56. The van der Waals surface area contributed by atoms with Crippen LogP contribution in [0.25, 0.3) is 0 Å². The molecule has 100 valence electrons. The second-order valence-corrected chi connectivity index (χ2v) is 4.77. The molecule has 0 bridgehead atoms. The molecule has 1 aliphatic heterocycles. The van der Waals surface area contributed by atoms with Crippen LogP contribution in [0.5, 0.6) is 0 Å². The third-order valence-corrected chi connectivity index (χ3v) is 3.36. The second kappa shape index (κ2) is 4.89. The third kappa shape index (κ3) is 2.20. The number of rotatable bonds is 2. The van der Waals surface area contributed by atoms with Crippen molar-refractivity contribution in [3.63, 3.8) is 0 Å². The number of halogens is 1. The summed E-state index contributed by atoms with van der Waals surface area (Å²) in [6.45, 7) is 1.70. The van der Waals surface area contributed by atoms with Gasteiger partial charge < -0.3 is 5.32 Å². The van der Waals surface area contributed by atoms with Gasteiger partial charge >= 0.3 is 0 Å². The minimum atomic E-state index is -0.421. The van der Waals surface area contributed by atoms with Crippen LogP contribution in [0, 0.1) is 12.7 Å². The van der Waals surface area contributed by atoms with Crippen molar-refractivity contribution in [1.29, 1.82) is 0 Å². The van der Waals surface area contributed by atoms with E-state index in [1.54, 1.807) is 25.3 Å². The molecule has 3 nitrogen and oxygen atoms in total. The van der Waals surface area contributed by atoms with E-state index in [1.807, 2.05) is 24.3 Å². The maximum absolute atomic E-state index is 13.4. The molecular weight excluding hydrogens is 255 g/mol. The van der Waals surface area contributed by atoms with Gasteiger partial charge in [-0.2, -0.15) is 0 Å². The van der Waals surface area contributed by atoms with Crippen LogP contribution in [0.15, 0.2) is 47.5 Å². The van der Waals surface area contributed by atoms with Crippen molar-refractivity contribution < 1.29 is 9.18 Å². The first kappa shape index (κ1) is 12.5. The molecule has 2 aromatic rings. The maximum atomic E-state index is 13.4. The first-order valence-corrected chi connectivity index (χ1v) is 6.35. The van der Waals surface area contributed by atoms with Crippen molar-refractivity contribution in [3.8, 4) is 0 Å². The van der Waals surface area contributed by atoms with Crippen molar-refractivity contribution in [2.45, 2.75) is 12.8 Å². The first-order chi connectivity index (χ1) is 9.65. The highest BCUT2D eigenvalue weighted by Crippen LogP contribution is 2.31. The highest BCUT2D eigenvalue weighted by Gasteiger charge is 2.28. The van der Waals surface area contributed by atoms with E-state index < -0.39 is 5.92 Å². The lowest BCUT2D eigenvalue weighted by Crippen LogP contribution is -2.12. The molecule has 0 saturated heterocycles. The Morgan fingerprint density at radius 3 is 2.85 bits per heavy atom. The fourth-order valence-electron chi connectivity index (χ4n) is 2.20. The zero-order chi connectivity index (χ0) is 14.1. The predicted molar refractivity (Wildman–Crippen MR) is 77.1 cm³/mol. The van der Waals surface area contributed by atoms with Crippen LogP contribution in [0.3, 0.4) is 0 Å². The summed E-state index contributed by atoms with van der Waals surface area (Å²) in [5.41, 5.74) is 2.79. The smallest absolute Gasteiger partial charge is 0.237 e. The van der Waals surface area contributed by atoms with E-state index in [4.69, 9.17) is 0 Å². The number of carbonyl (C=O) groups is 1. The Bertz CT molecular complexity index is 709. The van der Waals surface area contributed by atoms with E-state index >= 15 is 0 Å². The minimum Gasteiger partial charge on any atom is -0.325 e. The maximum Gasteiger partial charge on any atom is 0.237 e. The molecule has 1 amide bonds. The number of fused-ring (bicyclic) bond motifs is 1. The Morgan fingerprint density at radius 1 is 1.25 bits per heavy atom. The molecule has 0 saturated carbocycles. The van der Waals surface area contributed by atoms with Gasteiger partial charge in [-0.3, -0.25) is 9.79 Å². The number of amides is 1. The van der Waals surface area contributed by atoms with Crippen LogP contribution >= 0.6 is 0 Å². The molecule has 1 atom stereocenters. The van der Waals surface area contributed by atoms with Crippen LogP contribution in [0.1, 0.15) is 17.0 Å². The van der Waals surface area contributed by atoms with Gasteiger partial charge in [0.05, 0.1) is 5.69 Å². The predicted octanol–water partition coefficient (Wildman–Crippen LogP) is 3.57. The summed E-state index contributed by atoms with van der Waals surface area (Å²) in [5.74, 6) is -0.825. The molecule has 1 unspecified atom stereocenters. The van der Waals surface area contributed by atoms with Gasteiger partial charge in [-0.05, 0) is 36.2 Å². The van der Waals surface area contributed by atoms with Crippen molar-refractivity contribution in [2.24, 2.45) is 4.99 Å². The number of aliphatic imine (C=N–C) groups is 1. The second-order valence-electron chi connectivity index (χ2n) is 4.77. The van der Waals surface area contributed by atoms with Crippen molar-refractivity contribution >= 4 is 23.5 Å². The molecule has 0 spiro atoms. The summed E-state index contributed by atoms with van der Waals surface area (Å²) in [6, 6.07) is 12.3. The molecule has 4 heteroatoms. The molecule has 20 heavy (non-hydrogen) atoms. The van der Waals surface area contributed by atoms with E-state index in [0.717, 1.165) is 11.3 Å². The summed E-state index contributed by atoms with van der Waals surface area (Å²) in [5, 5.41) is 2.80. The Morgan fingerprint density at radius 2 is 2.05 bits per heavy atom. The summed E-state index contributed by atoms with van der Waals surface area (Å²) < 4.78 is 13.4. The van der Waals surface area contributed by atoms with E-state index in [9.17, 15) is 9.18 Å². The van der Waals surface area contributed by atoms with Crippen LogP contribution in [-0.2, 0) is 4.79 Å². The van der Waals surface area contributed by atoms with Gasteiger partial charge in [0, 0.05) is 11.9 Å². The lowest BCUT2D eigenvalue weighted by atomic mass is 10.0. The summed E-state index contributed by atoms with van der Waals surface area (Å²) >= 11 is 0. The van der Waals surface area contributed by atoms with E-state index in [2.05, 4.69) is 10.3 Å². The van der Waals surface area contributed by atoms with Gasteiger partial charge in [-0.15, -0.1) is 0 Å². The number of hydrogen-bond acceptors (Lipinski definition) is 2. The standard InChI is InChI=1S/C16H13FN2O/c1-10-6-7-11(8-14(10)17)18-9-13-12-4-2-3-5-15(12)19-16(13)20/h2-9,13H,1H3,(H,19,20). The van der Waals surface area contributed by atoms with Gasteiger partial charge in [-0.25, -0.2) is 4.39 Å². The molecule has 3 rings (SSSR count). The van der Waals surface area contributed by atoms with E-state index in [1.165, 1.54) is 6.07 Å². The molecule has 0 aromatic heterocycles. The highest BCUT2D eigenvalue weighted by atomic mass is 19.1. The molecule has 1 N–H and O–H groups in total. The number of anilines is 1. The van der Waals surface area contributed by atoms with Crippen molar-refractivity contribution in [3.05, 3.63) is 59.4 Å². The Kier molecular flexibility index (Phi) is 3.06. The van der Waals surface area contributed by atoms with Gasteiger partial charge in [0.1, 0.15) is 11.7 Å². The SMILES string of the molecule is Cc1ccc(N=CC2C(=O)Nc3ccccc32)cc1F. The number of nitrogens with zero attached hydrogens (tertiary/aromatic N) is 1. The lowest BCUT2D eigenvalue weighted by Gasteiger charge is -2.02. The minimum absolute atomic E-state index is 0.109. The molecule has 0 radical (unpaired) electrons. The van der Waals surface area contributed by atoms with Gasteiger partial charge in [-0.1, -0.05) is 24.3 Å². The number of para-hydroxylation sites is 1. The average Bonchev–Trinajstić information content (AvgIpc) is 2.76.